The van der Waals surface area contributed by atoms with Crippen LogP contribution in [0.2, 0.25) is 0 Å². The summed E-state index contributed by atoms with van der Waals surface area (Å²) in [6.45, 7) is 9.81. The SMILES string of the molecule is CCC(CNC(=NC)N1CCC(C)C(n2ccnc2)C1)N1CCc2ccccc2C1.I. The molecule has 1 saturated heterocycles. The number of nitrogens with one attached hydrogen (secondary N) is 1. The highest BCUT2D eigenvalue weighted by Crippen LogP contribution is 2.27. The van der Waals surface area contributed by atoms with E-state index in [2.05, 4.69) is 74.0 Å². The Hall–Kier alpha value is -1.61. The number of aromatic nitrogens is 2. The van der Waals surface area contributed by atoms with Gasteiger partial charge < -0.3 is 14.8 Å². The molecule has 0 amide bonds. The Morgan fingerprint density at radius 1 is 1.26 bits per heavy atom. The minimum atomic E-state index is 0. The minimum absolute atomic E-state index is 0. The lowest BCUT2D eigenvalue weighted by Gasteiger charge is -2.40. The maximum atomic E-state index is 4.63. The Labute approximate surface area is 204 Å². The van der Waals surface area contributed by atoms with E-state index in [1.54, 1.807) is 0 Å². The van der Waals surface area contributed by atoms with E-state index < -0.39 is 0 Å². The van der Waals surface area contributed by atoms with E-state index in [4.69, 9.17) is 0 Å². The van der Waals surface area contributed by atoms with E-state index in [1.165, 1.54) is 17.5 Å². The normalized spacial score (nSPS) is 23.1. The van der Waals surface area contributed by atoms with Gasteiger partial charge in [-0.05, 0) is 36.3 Å². The zero-order valence-electron chi connectivity index (χ0n) is 19.1. The molecule has 1 aromatic carbocycles. The lowest BCUT2D eigenvalue weighted by atomic mass is 9.93. The fourth-order valence-corrected chi connectivity index (χ4v) is 5.00. The van der Waals surface area contributed by atoms with Gasteiger partial charge in [-0.1, -0.05) is 38.1 Å². The van der Waals surface area contributed by atoms with Gasteiger partial charge in [0.1, 0.15) is 0 Å². The number of guanidine groups is 1. The molecule has 1 fully saturated rings. The molecular formula is C24H37IN6. The molecule has 7 heteroatoms. The largest absolute Gasteiger partial charge is 0.355 e. The van der Waals surface area contributed by atoms with Gasteiger partial charge in [0.15, 0.2) is 5.96 Å². The Morgan fingerprint density at radius 2 is 2.06 bits per heavy atom. The second-order valence-corrected chi connectivity index (χ2v) is 8.77. The van der Waals surface area contributed by atoms with E-state index in [0.717, 1.165) is 51.5 Å². The Bertz CT molecular complexity index is 836. The van der Waals surface area contributed by atoms with E-state index in [-0.39, 0.29) is 24.0 Å². The van der Waals surface area contributed by atoms with E-state index in [0.29, 0.717) is 18.0 Å². The topological polar surface area (TPSA) is 48.7 Å². The third-order valence-corrected chi connectivity index (χ3v) is 6.98. The van der Waals surface area contributed by atoms with Crippen molar-refractivity contribution in [2.24, 2.45) is 10.9 Å². The molecule has 4 rings (SSSR count). The van der Waals surface area contributed by atoms with E-state index in [1.807, 2.05) is 19.6 Å². The molecule has 2 aromatic rings. The minimum Gasteiger partial charge on any atom is -0.355 e. The maximum absolute atomic E-state index is 4.63. The summed E-state index contributed by atoms with van der Waals surface area (Å²) in [5, 5.41) is 3.70. The van der Waals surface area contributed by atoms with Crippen molar-refractivity contribution in [2.75, 3.05) is 33.2 Å². The van der Waals surface area contributed by atoms with Crippen molar-refractivity contribution in [1.29, 1.82) is 0 Å². The van der Waals surface area contributed by atoms with Gasteiger partial charge >= 0.3 is 0 Å². The number of imidazole rings is 1. The summed E-state index contributed by atoms with van der Waals surface area (Å²) in [7, 11) is 1.91. The molecule has 0 aliphatic carbocycles. The first-order chi connectivity index (χ1) is 14.7. The number of hydrogen-bond donors (Lipinski definition) is 1. The summed E-state index contributed by atoms with van der Waals surface area (Å²) in [6, 6.07) is 9.85. The standard InChI is InChI=1S/C24H36N6.HI/c1-4-22(28-13-10-20-7-5-6-8-21(20)16-28)15-27-24(25-3)29-12-9-19(2)23(17-29)30-14-11-26-18-30;/h5-8,11,14,18-19,22-23H,4,9-10,12-13,15-17H2,1-3H3,(H,25,27);1H. The first kappa shape index (κ1) is 24.0. The highest BCUT2D eigenvalue weighted by atomic mass is 127. The average molecular weight is 537 g/mol. The third kappa shape index (κ3) is 5.61. The summed E-state index contributed by atoms with van der Waals surface area (Å²) >= 11 is 0. The number of halogens is 1. The summed E-state index contributed by atoms with van der Waals surface area (Å²) in [6.07, 6.45) is 9.37. The summed E-state index contributed by atoms with van der Waals surface area (Å²) in [4.78, 5) is 13.9. The van der Waals surface area contributed by atoms with Crippen LogP contribution in [0.5, 0.6) is 0 Å². The van der Waals surface area contributed by atoms with Crippen molar-refractivity contribution in [1.82, 2.24) is 24.7 Å². The Morgan fingerprint density at radius 3 is 2.77 bits per heavy atom. The van der Waals surface area contributed by atoms with Gasteiger partial charge in [0, 0.05) is 58.2 Å². The molecule has 31 heavy (non-hydrogen) atoms. The van der Waals surface area contributed by atoms with Crippen LogP contribution in [-0.2, 0) is 13.0 Å². The van der Waals surface area contributed by atoms with Gasteiger partial charge in [-0.25, -0.2) is 4.98 Å². The quantitative estimate of drug-likeness (QED) is 0.359. The molecule has 170 valence electrons. The van der Waals surface area contributed by atoms with Crippen molar-refractivity contribution in [3.05, 3.63) is 54.1 Å². The molecule has 3 heterocycles. The van der Waals surface area contributed by atoms with Crippen molar-refractivity contribution >= 4 is 29.9 Å². The zero-order chi connectivity index (χ0) is 20.9. The van der Waals surface area contributed by atoms with Crippen LogP contribution >= 0.6 is 24.0 Å². The molecule has 0 saturated carbocycles. The van der Waals surface area contributed by atoms with E-state index in [9.17, 15) is 0 Å². The van der Waals surface area contributed by atoms with Crippen LogP contribution in [0.1, 0.15) is 43.9 Å². The fraction of sp³-hybridized carbons (Fsp3) is 0.583. The first-order valence-electron chi connectivity index (χ1n) is 11.4. The predicted octanol–water partition coefficient (Wildman–Crippen LogP) is 3.80. The number of fused-ring (bicyclic) bond motifs is 1. The fourth-order valence-electron chi connectivity index (χ4n) is 5.00. The van der Waals surface area contributed by atoms with E-state index >= 15 is 0 Å². The number of piperidine rings is 1. The predicted molar refractivity (Wildman–Crippen MR) is 138 cm³/mol. The van der Waals surface area contributed by atoms with Gasteiger partial charge in [0.2, 0.25) is 0 Å². The van der Waals surface area contributed by atoms with Crippen LogP contribution in [0.15, 0.2) is 48.0 Å². The monoisotopic (exact) mass is 536 g/mol. The average Bonchev–Trinajstić information content (AvgIpc) is 3.32. The molecule has 0 spiro atoms. The molecule has 3 atom stereocenters. The molecule has 0 bridgehead atoms. The van der Waals surface area contributed by atoms with Crippen LogP contribution in [0, 0.1) is 5.92 Å². The second kappa shape index (κ2) is 11.3. The number of benzene rings is 1. The molecule has 1 N–H and O–H groups in total. The molecule has 2 aliphatic rings. The van der Waals surface area contributed by atoms with Crippen LogP contribution in [0.4, 0.5) is 0 Å². The Balaban J connectivity index is 0.00000272. The van der Waals surface area contributed by atoms with Gasteiger partial charge in [-0.3, -0.25) is 9.89 Å². The van der Waals surface area contributed by atoms with Crippen molar-refractivity contribution in [3.8, 4) is 0 Å². The van der Waals surface area contributed by atoms with Crippen LogP contribution in [-0.4, -0.2) is 64.6 Å². The Kier molecular flexibility index (Phi) is 8.77. The van der Waals surface area contributed by atoms with Gasteiger partial charge in [0.05, 0.1) is 12.4 Å². The van der Waals surface area contributed by atoms with Crippen LogP contribution < -0.4 is 5.32 Å². The third-order valence-electron chi connectivity index (χ3n) is 6.98. The van der Waals surface area contributed by atoms with Crippen molar-refractivity contribution < 1.29 is 0 Å². The maximum Gasteiger partial charge on any atom is 0.193 e. The van der Waals surface area contributed by atoms with Gasteiger partial charge in [0.25, 0.3) is 0 Å². The van der Waals surface area contributed by atoms with Crippen LogP contribution in [0.3, 0.4) is 0 Å². The molecule has 6 nitrogen and oxygen atoms in total. The van der Waals surface area contributed by atoms with Gasteiger partial charge in [-0.15, -0.1) is 24.0 Å². The second-order valence-electron chi connectivity index (χ2n) is 8.77. The van der Waals surface area contributed by atoms with Crippen molar-refractivity contribution in [2.45, 2.75) is 51.7 Å². The molecule has 0 radical (unpaired) electrons. The molecule has 2 aliphatic heterocycles. The number of rotatable bonds is 5. The number of likely N-dealkylation sites (tertiary alicyclic amines) is 1. The highest BCUT2D eigenvalue weighted by molar-refractivity contribution is 14.0. The zero-order valence-corrected chi connectivity index (χ0v) is 21.4. The lowest BCUT2D eigenvalue weighted by Crippen LogP contribution is -2.52. The molecule has 3 unspecified atom stereocenters. The summed E-state index contributed by atoms with van der Waals surface area (Å²) in [5.74, 6) is 1.67. The number of aliphatic imine (C=N–C) groups is 1. The van der Waals surface area contributed by atoms with Crippen LogP contribution in [0.25, 0.3) is 0 Å². The number of hydrogen-bond acceptors (Lipinski definition) is 3. The molecular weight excluding hydrogens is 499 g/mol. The van der Waals surface area contributed by atoms with Crippen molar-refractivity contribution in [3.63, 3.8) is 0 Å². The number of nitrogens with zero attached hydrogens (tertiary/aromatic N) is 5. The molecule has 1 aromatic heterocycles. The highest BCUT2D eigenvalue weighted by Gasteiger charge is 2.29. The smallest absolute Gasteiger partial charge is 0.193 e. The summed E-state index contributed by atoms with van der Waals surface area (Å²) < 4.78 is 2.25. The lowest BCUT2D eigenvalue weighted by molar-refractivity contribution is 0.167. The first-order valence-corrected chi connectivity index (χ1v) is 11.4. The van der Waals surface area contributed by atoms with Gasteiger partial charge in [-0.2, -0.15) is 0 Å². The summed E-state index contributed by atoms with van der Waals surface area (Å²) in [5.41, 5.74) is 3.00.